The molecule has 0 saturated heterocycles. The van der Waals surface area contributed by atoms with E-state index in [2.05, 4.69) is 111 Å². The first-order chi connectivity index (χ1) is 14.2. The fraction of sp³-hybridized carbons (Fsp3) is 0.357. The summed E-state index contributed by atoms with van der Waals surface area (Å²) in [5.74, 6) is 2.83. The van der Waals surface area contributed by atoms with E-state index in [0.717, 1.165) is 12.8 Å². The van der Waals surface area contributed by atoms with Gasteiger partial charge in [0.15, 0.2) is 0 Å². The van der Waals surface area contributed by atoms with Gasteiger partial charge in [0.1, 0.15) is 0 Å². The molecular formula is C28H38Cl2SiZr-4. The second kappa shape index (κ2) is 21.2. The molecule has 176 valence electrons. The van der Waals surface area contributed by atoms with Crippen molar-refractivity contribution >= 4 is 31.7 Å². The molecule has 0 heterocycles. The van der Waals surface area contributed by atoms with Gasteiger partial charge in [-0.15, -0.1) is 42.4 Å². The molecule has 0 atom stereocenters. The van der Waals surface area contributed by atoms with E-state index in [0.29, 0.717) is 0 Å². The molecule has 0 bridgehead atoms. The van der Waals surface area contributed by atoms with E-state index < -0.39 is 0 Å². The first-order valence-electron chi connectivity index (χ1n) is 10.3. The van der Waals surface area contributed by atoms with E-state index in [1.165, 1.54) is 68.6 Å². The van der Waals surface area contributed by atoms with Crippen molar-refractivity contribution < 1.29 is 23.3 Å². The van der Waals surface area contributed by atoms with Gasteiger partial charge in [0.2, 0.25) is 0 Å². The molecule has 2 radical (unpaired) electrons. The van der Waals surface area contributed by atoms with Crippen LogP contribution >= 0.6 is 24.8 Å². The first-order valence-corrected chi connectivity index (χ1v) is 14.5. The molecule has 0 unspecified atom stereocenters. The number of allylic oxidation sites excluding steroid dienone is 4. The quantitative estimate of drug-likeness (QED) is 0.189. The van der Waals surface area contributed by atoms with Crippen molar-refractivity contribution in [2.75, 3.05) is 0 Å². The van der Waals surface area contributed by atoms with E-state index in [1.54, 1.807) is 0 Å². The zero-order chi connectivity index (χ0) is 23.1. The number of benzene rings is 2. The summed E-state index contributed by atoms with van der Waals surface area (Å²) in [5.41, 5.74) is 8.15. The van der Waals surface area contributed by atoms with E-state index in [4.69, 9.17) is 0 Å². The molecule has 0 saturated carbocycles. The van der Waals surface area contributed by atoms with E-state index in [-0.39, 0.29) is 24.8 Å². The Labute approximate surface area is 227 Å². The van der Waals surface area contributed by atoms with Crippen LogP contribution in [0.3, 0.4) is 0 Å². The van der Waals surface area contributed by atoms with Crippen molar-refractivity contribution in [3.63, 3.8) is 0 Å². The van der Waals surface area contributed by atoms with Gasteiger partial charge in [-0.3, -0.25) is 6.08 Å². The van der Waals surface area contributed by atoms with Gasteiger partial charge in [0, 0.05) is 0 Å². The van der Waals surface area contributed by atoms with Gasteiger partial charge < -0.3 is 11.8 Å². The van der Waals surface area contributed by atoms with Crippen molar-refractivity contribution in [2.45, 2.75) is 68.2 Å². The van der Waals surface area contributed by atoms with Crippen LogP contribution < -0.4 is 0 Å². The molecule has 4 heteroatoms. The molecule has 2 aliphatic rings. The van der Waals surface area contributed by atoms with Crippen molar-refractivity contribution in [1.29, 1.82) is 0 Å². The van der Waals surface area contributed by atoms with E-state index in [9.17, 15) is 0 Å². The van der Waals surface area contributed by atoms with Gasteiger partial charge in [0.05, 0.1) is 0 Å². The fourth-order valence-electron chi connectivity index (χ4n) is 2.71. The summed E-state index contributed by atoms with van der Waals surface area (Å²) in [6.45, 7) is 19.8. The third-order valence-corrected chi connectivity index (χ3v) is 3.68. The number of rotatable bonds is 0. The normalized spacial score (nSPS) is 10.9. The fourth-order valence-corrected chi connectivity index (χ4v) is 2.71. The molecule has 0 amide bonds. The Hall–Kier alpha value is -0.400. The van der Waals surface area contributed by atoms with Crippen molar-refractivity contribution in [1.82, 2.24) is 0 Å². The second-order valence-electron chi connectivity index (χ2n) is 8.37. The van der Waals surface area contributed by atoms with Crippen LogP contribution in [0.4, 0.5) is 0 Å². The van der Waals surface area contributed by atoms with Gasteiger partial charge in [-0.2, -0.15) is 71.4 Å². The number of halogens is 2. The first kappa shape index (κ1) is 36.2. The van der Waals surface area contributed by atoms with Crippen LogP contribution in [0.1, 0.15) is 70.2 Å². The standard InChI is InChI=1S/C15H13.C5H5.2C4H9.2ClH.Si.Zr/c1-10-3-5-14-12(7-10)9-13-8-11(2)4-6-15(13)14;1-2-4-5-3-1;2*1-4(2)3;;;;/h3-7H,9H2,1-2H3;1-3H,4H2;2*1-3H3;2*1H;;/q4*-1;;;;. The number of hydrogen-bond donors (Lipinski definition) is 0. The average Bonchev–Trinajstić information content (AvgIpc) is 3.33. The van der Waals surface area contributed by atoms with E-state index >= 15 is 0 Å². The summed E-state index contributed by atoms with van der Waals surface area (Å²) in [7, 11) is 0. The van der Waals surface area contributed by atoms with Crippen LogP contribution in [0, 0.1) is 37.8 Å². The Balaban J connectivity index is -0.000000416. The van der Waals surface area contributed by atoms with Crippen LogP contribution in [0.15, 0.2) is 48.6 Å². The van der Waals surface area contributed by atoms with Crippen LogP contribution in [-0.2, 0) is 29.8 Å². The maximum atomic E-state index is 3.45. The summed E-state index contributed by atoms with van der Waals surface area (Å²) in [6.07, 6.45) is 11.0. The molecule has 2 aliphatic carbocycles. The van der Waals surface area contributed by atoms with Gasteiger partial charge >= 0.3 is 30.2 Å². The molecule has 0 spiro atoms. The van der Waals surface area contributed by atoms with Crippen molar-refractivity contribution in [3.8, 4) is 11.1 Å². The second-order valence-corrected chi connectivity index (χ2v) is 8.37. The van der Waals surface area contributed by atoms with Gasteiger partial charge in [0.25, 0.3) is 0 Å². The van der Waals surface area contributed by atoms with Crippen LogP contribution in [0.2, 0.25) is 0 Å². The van der Waals surface area contributed by atoms with Gasteiger partial charge in [-0.05, 0) is 18.9 Å². The molecule has 0 nitrogen and oxygen atoms in total. The Morgan fingerprint density at radius 3 is 1.81 bits per heavy atom. The summed E-state index contributed by atoms with van der Waals surface area (Å²) in [5, 5.41) is 0. The third-order valence-electron chi connectivity index (χ3n) is 3.68. The molecule has 32 heavy (non-hydrogen) atoms. The predicted octanol–water partition coefficient (Wildman–Crippen LogP) is 8.68. The Kier molecular flexibility index (Phi) is 23.9. The molecule has 0 aromatic heterocycles. The minimum atomic E-state index is 0. The van der Waals surface area contributed by atoms with Crippen LogP contribution in [0.25, 0.3) is 11.1 Å². The zero-order valence-electron chi connectivity index (χ0n) is 20.8. The molecule has 0 N–H and O–H groups in total. The Morgan fingerprint density at radius 2 is 1.38 bits per heavy atom. The topological polar surface area (TPSA) is 0 Å². The maximum absolute atomic E-state index is 3.45. The molecule has 2 aromatic rings. The average molecular weight is 565 g/mol. The SMILES string of the molecule is C[C-](C)C.C[C-](C)C.Cc1[c-]c2c(cc1)-c1ccc(C)cc1C2.Cl.Cl.[C-]1=CC=CC1.[Si]=[Zr]. The summed E-state index contributed by atoms with van der Waals surface area (Å²) < 4.78 is 0. The minimum absolute atomic E-state index is 0. The summed E-state index contributed by atoms with van der Waals surface area (Å²) >= 11 is 1.36. The zero-order valence-corrected chi connectivity index (χ0v) is 25.9. The number of fused-ring (bicyclic) bond motifs is 3. The summed E-state index contributed by atoms with van der Waals surface area (Å²) in [6, 6.07) is 14.5. The third kappa shape index (κ3) is 16.2. The van der Waals surface area contributed by atoms with Crippen LogP contribution in [-0.4, -0.2) is 6.88 Å². The van der Waals surface area contributed by atoms with Crippen LogP contribution in [0.5, 0.6) is 0 Å². The number of aryl methyl sites for hydroxylation is 2. The van der Waals surface area contributed by atoms with E-state index in [1.807, 2.05) is 12.2 Å². The van der Waals surface area contributed by atoms with Crippen molar-refractivity contribution in [3.05, 3.63) is 94.8 Å². The molecule has 4 rings (SSSR count). The Morgan fingerprint density at radius 1 is 0.844 bits per heavy atom. The molecule has 0 fully saturated rings. The Bertz CT molecular complexity index is 740. The summed E-state index contributed by atoms with van der Waals surface area (Å²) in [4.78, 5) is 0. The predicted molar refractivity (Wildman–Crippen MR) is 145 cm³/mol. The monoisotopic (exact) mass is 562 g/mol. The molecule has 2 aromatic carbocycles. The molecule has 0 aliphatic heterocycles. The van der Waals surface area contributed by atoms with Gasteiger partial charge in [-0.1, -0.05) is 36.2 Å². The number of hydrogen-bond acceptors (Lipinski definition) is 0. The molecular weight excluding hydrogens is 527 g/mol. The van der Waals surface area contributed by atoms with Gasteiger partial charge in [-0.25, -0.2) is 12.2 Å². The van der Waals surface area contributed by atoms with Crippen molar-refractivity contribution in [2.24, 2.45) is 0 Å².